The summed E-state index contributed by atoms with van der Waals surface area (Å²) in [5, 5.41) is 2.84. The van der Waals surface area contributed by atoms with Crippen LogP contribution in [0.5, 0.6) is 0 Å². The highest BCUT2D eigenvalue weighted by atomic mass is 16.2. The number of carbonyl (C=O) groups excluding carboxylic acids is 1. The summed E-state index contributed by atoms with van der Waals surface area (Å²) in [7, 11) is 3.78. The zero-order valence-corrected chi connectivity index (χ0v) is 13.7. The van der Waals surface area contributed by atoms with Crippen molar-refractivity contribution in [2.75, 3.05) is 24.3 Å². The zero-order chi connectivity index (χ0) is 17.6. The van der Waals surface area contributed by atoms with Gasteiger partial charge in [0.1, 0.15) is 0 Å². The molecule has 0 fully saturated rings. The molecule has 25 heavy (non-hydrogen) atoms. The van der Waals surface area contributed by atoms with Crippen LogP contribution in [0.1, 0.15) is 10.4 Å². The molecule has 2 aromatic heterocycles. The standard InChI is InChI=1S/C17H16N6O2/c1-23(2)16-19-10-7-6-9(8-13(10)20-16)15(24)18-11-4-3-5-12-14(11)22-17(25)21-12/h3-8H,1-2H3,(H,18,24)(H,19,20)(H2,21,22,25). The maximum absolute atomic E-state index is 12.6. The van der Waals surface area contributed by atoms with E-state index in [1.54, 1.807) is 36.4 Å². The molecule has 4 rings (SSSR count). The highest BCUT2D eigenvalue weighted by Crippen LogP contribution is 2.21. The number of amides is 1. The number of rotatable bonds is 3. The predicted molar refractivity (Wildman–Crippen MR) is 97.3 cm³/mol. The van der Waals surface area contributed by atoms with E-state index in [9.17, 15) is 9.59 Å². The highest BCUT2D eigenvalue weighted by Gasteiger charge is 2.12. The van der Waals surface area contributed by atoms with Crippen molar-refractivity contribution in [2.24, 2.45) is 0 Å². The fraction of sp³-hybridized carbons (Fsp3) is 0.118. The molecular formula is C17H16N6O2. The average Bonchev–Trinajstić information content (AvgIpc) is 3.17. The number of hydrogen-bond acceptors (Lipinski definition) is 4. The number of para-hydroxylation sites is 1. The Morgan fingerprint density at radius 1 is 1.08 bits per heavy atom. The minimum Gasteiger partial charge on any atom is -0.349 e. The van der Waals surface area contributed by atoms with E-state index in [0.29, 0.717) is 22.3 Å². The second kappa shape index (κ2) is 5.52. The Labute approximate surface area is 141 Å². The molecule has 0 radical (unpaired) electrons. The van der Waals surface area contributed by atoms with Crippen LogP contribution in [0.4, 0.5) is 11.6 Å². The molecule has 0 aliphatic heterocycles. The lowest BCUT2D eigenvalue weighted by molar-refractivity contribution is 0.102. The van der Waals surface area contributed by atoms with Crippen molar-refractivity contribution in [1.82, 2.24) is 19.9 Å². The minimum atomic E-state index is -0.313. The van der Waals surface area contributed by atoms with Crippen LogP contribution in [0.25, 0.3) is 22.1 Å². The summed E-state index contributed by atoms with van der Waals surface area (Å²) in [4.78, 5) is 38.9. The summed E-state index contributed by atoms with van der Waals surface area (Å²) in [5.41, 5.74) is 3.51. The molecule has 0 aliphatic carbocycles. The van der Waals surface area contributed by atoms with E-state index in [2.05, 4.69) is 25.3 Å². The third kappa shape index (κ3) is 2.63. The number of carbonyl (C=O) groups is 1. The fourth-order valence-corrected chi connectivity index (χ4v) is 2.71. The van der Waals surface area contributed by atoms with Crippen LogP contribution >= 0.6 is 0 Å². The van der Waals surface area contributed by atoms with Crippen molar-refractivity contribution in [1.29, 1.82) is 0 Å². The van der Waals surface area contributed by atoms with Crippen molar-refractivity contribution < 1.29 is 4.79 Å². The quantitative estimate of drug-likeness (QED) is 0.459. The fourth-order valence-electron chi connectivity index (χ4n) is 2.71. The van der Waals surface area contributed by atoms with Crippen LogP contribution < -0.4 is 15.9 Å². The smallest absolute Gasteiger partial charge is 0.323 e. The van der Waals surface area contributed by atoms with Gasteiger partial charge in [-0.1, -0.05) is 6.07 Å². The van der Waals surface area contributed by atoms with Gasteiger partial charge in [0.05, 0.1) is 27.8 Å². The maximum atomic E-state index is 12.6. The first-order chi connectivity index (χ1) is 12.0. The number of aromatic amines is 3. The molecule has 0 aliphatic rings. The number of nitrogens with zero attached hydrogens (tertiary/aromatic N) is 2. The van der Waals surface area contributed by atoms with Gasteiger partial charge >= 0.3 is 5.69 Å². The maximum Gasteiger partial charge on any atom is 0.323 e. The van der Waals surface area contributed by atoms with Crippen LogP contribution in [-0.4, -0.2) is 39.9 Å². The first-order valence-corrected chi connectivity index (χ1v) is 7.71. The number of aromatic nitrogens is 4. The molecule has 2 heterocycles. The molecule has 2 aromatic carbocycles. The molecule has 8 nitrogen and oxygen atoms in total. The molecule has 0 atom stereocenters. The Hall–Kier alpha value is -3.55. The Bertz CT molecular complexity index is 1150. The van der Waals surface area contributed by atoms with Crippen LogP contribution in [-0.2, 0) is 0 Å². The van der Waals surface area contributed by atoms with Gasteiger partial charge in [0.15, 0.2) is 0 Å². The summed E-state index contributed by atoms with van der Waals surface area (Å²) in [5.74, 6) is 0.458. The van der Waals surface area contributed by atoms with E-state index >= 15 is 0 Å². The van der Waals surface area contributed by atoms with E-state index < -0.39 is 0 Å². The van der Waals surface area contributed by atoms with Crippen LogP contribution in [0, 0.1) is 0 Å². The van der Waals surface area contributed by atoms with Gasteiger partial charge in [-0.3, -0.25) is 4.79 Å². The van der Waals surface area contributed by atoms with Gasteiger partial charge in [-0.05, 0) is 30.3 Å². The summed E-state index contributed by atoms with van der Waals surface area (Å²) >= 11 is 0. The van der Waals surface area contributed by atoms with Crippen molar-refractivity contribution in [3.8, 4) is 0 Å². The van der Waals surface area contributed by atoms with E-state index in [4.69, 9.17) is 0 Å². The number of benzene rings is 2. The number of nitrogens with one attached hydrogen (secondary N) is 4. The van der Waals surface area contributed by atoms with Crippen LogP contribution in [0.15, 0.2) is 41.2 Å². The highest BCUT2D eigenvalue weighted by molar-refractivity contribution is 6.09. The Morgan fingerprint density at radius 2 is 1.92 bits per heavy atom. The summed E-state index contributed by atoms with van der Waals surface area (Å²) in [6.07, 6.45) is 0. The van der Waals surface area contributed by atoms with Crippen LogP contribution in [0.3, 0.4) is 0 Å². The normalized spacial score (nSPS) is 11.1. The molecule has 126 valence electrons. The molecule has 4 N–H and O–H groups in total. The van der Waals surface area contributed by atoms with E-state index in [0.717, 1.165) is 17.0 Å². The molecule has 8 heteroatoms. The van der Waals surface area contributed by atoms with Gasteiger partial charge in [0, 0.05) is 19.7 Å². The first kappa shape index (κ1) is 15.0. The monoisotopic (exact) mass is 336 g/mol. The Balaban J connectivity index is 1.68. The lowest BCUT2D eigenvalue weighted by Crippen LogP contribution is -2.12. The molecular weight excluding hydrogens is 320 g/mol. The van der Waals surface area contributed by atoms with Crippen LogP contribution in [0.2, 0.25) is 0 Å². The third-order valence-corrected chi connectivity index (χ3v) is 3.95. The predicted octanol–water partition coefficient (Wildman–Crippen LogP) is 2.05. The lowest BCUT2D eigenvalue weighted by Gasteiger charge is -2.06. The molecule has 0 spiro atoms. The van der Waals surface area contributed by atoms with Gasteiger partial charge in [0.25, 0.3) is 5.91 Å². The first-order valence-electron chi connectivity index (χ1n) is 7.71. The van der Waals surface area contributed by atoms with Gasteiger partial charge in [-0.15, -0.1) is 0 Å². The molecule has 1 amide bonds. The van der Waals surface area contributed by atoms with Crippen molar-refractivity contribution in [2.45, 2.75) is 0 Å². The SMILES string of the molecule is CN(C)c1nc2ccc(C(=O)Nc3cccc4[nH]c(=O)[nH]c34)cc2[nH]1. The topological polar surface area (TPSA) is 110 Å². The van der Waals surface area contributed by atoms with Crippen molar-refractivity contribution in [3.05, 3.63) is 52.4 Å². The molecule has 0 saturated heterocycles. The molecule has 0 bridgehead atoms. The number of imidazole rings is 2. The van der Waals surface area contributed by atoms with Crippen molar-refractivity contribution in [3.63, 3.8) is 0 Å². The van der Waals surface area contributed by atoms with E-state index in [-0.39, 0.29) is 11.6 Å². The second-order valence-electron chi connectivity index (χ2n) is 5.95. The Kier molecular flexibility index (Phi) is 3.31. The summed E-state index contributed by atoms with van der Waals surface area (Å²) in [6.45, 7) is 0. The number of H-pyrrole nitrogens is 3. The molecule has 4 aromatic rings. The second-order valence-corrected chi connectivity index (χ2v) is 5.95. The third-order valence-electron chi connectivity index (χ3n) is 3.95. The summed E-state index contributed by atoms with van der Waals surface area (Å²) in [6, 6.07) is 10.5. The van der Waals surface area contributed by atoms with Gasteiger partial charge in [-0.25, -0.2) is 9.78 Å². The number of hydrogen-bond donors (Lipinski definition) is 4. The average molecular weight is 336 g/mol. The summed E-state index contributed by atoms with van der Waals surface area (Å²) < 4.78 is 0. The zero-order valence-electron chi connectivity index (χ0n) is 13.7. The van der Waals surface area contributed by atoms with E-state index in [1.807, 2.05) is 19.0 Å². The molecule has 0 unspecified atom stereocenters. The van der Waals surface area contributed by atoms with Gasteiger partial charge in [-0.2, -0.15) is 0 Å². The minimum absolute atomic E-state index is 0.266. The number of fused-ring (bicyclic) bond motifs is 2. The lowest BCUT2D eigenvalue weighted by atomic mass is 10.2. The Morgan fingerprint density at radius 3 is 2.72 bits per heavy atom. The number of anilines is 2. The van der Waals surface area contributed by atoms with Gasteiger partial charge < -0.3 is 25.2 Å². The van der Waals surface area contributed by atoms with Gasteiger partial charge in [0.2, 0.25) is 5.95 Å². The van der Waals surface area contributed by atoms with Crippen molar-refractivity contribution >= 4 is 39.6 Å². The largest absolute Gasteiger partial charge is 0.349 e. The molecule has 0 saturated carbocycles. The van der Waals surface area contributed by atoms with E-state index in [1.165, 1.54) is 0 Å².